The van der Waals surface area contributed by atoms with Crippen molar-refractivity contribution in [3.05, 3.63) is 58.3 Å². The van der Waals surface area contributed by atoms with Crippen LogP contribution in [0.5, 0.6) is 11.5 Å². The van der Waals surface area contributed by atoms with Crippen LogP contribution in [0.15, 0.2) is 41.2 Å². The Morgan fingerprint density at radius 2 is 1.81 bits per heavy atom. The first-order valence-corrected chi connectivity index (χ1v) is 8.93. The number of hydrogen-bond acceptors (Lipinski definition) is 4. The monoisotopic (exact) mass is 374 g/mol. The molecular formula is C20H23FN2O4. The lowest BCUT2D eigenvalue weighted by Gasteiger charge is -2.32. The molecule has 1 saturated heterocycles. The first-order chi connectivity index (χ1) is 12.9. The summed E-state index contributed by atoms with van der Waals surface area (Å²) >= 11 is 0. The molecule has 3 rings (SSSR count). The lowest BCUT2D eigenvalue weighted by atomic mass is 10.1. The Hall–Kier alpha value is -2.83. The van der Waals surface area contributed by atoms with Crippen LogP contribution in [0.4, 0.5) is 4.39 Å². The van der Waals surface area contributed by atoms with Crippen LogP contribution in [0.1, 0.15) is 18.5 Å². The number of halogens is 1. The Kier molecular flexibility index (Phi) is 5.78. The Morgan fingerprint density at radius 1 is 1.15 bits per heavy atom. The number of amides is 1. The van der Waals surface area contributed by atoms with Crippen molar-refractivity contribution in [2.24, 2.45) is 7.05 Å². The largest absolute Gasteiger partial charge is 0.490 e. The Bertz CT molecular complexity index is 855. The number of ether oxygens (including phenoxy) is 2. The number of aryl methyl sites for hydroxylation is 1. The topological polar surface area (TPSA) is 60.8 Å². The van der Waals surface area contributed by atoms with Gasteiger partial charge in [-0.25, -0.2) is 4.39 Å². The number of nitrogens with zero attached hydrogens (tertiary/aromatic N) is 2. The predicted molar refractivity (Wildman–Crippen MR) is 98.5 cm³/mol. The molecular weight excluding hydrogens is 351 g/mol. The maximum atomic E-state index is 12.9. The maximum absolute atomic E-state index is 12.9. The molecule has 1 aliphatic heterocycles. The second-order valence-electron chi connectivity index (χ2n) is 6.67. The Morgan fingerprint density at radius 3 is 2.44 bits per heavy atom. The summed E-state index contributed by atoms with van der Waals surface area (Å²) in [5.41, 5.74) is 0.735. The summed E-state index contributed by atoms with van der Waals surface area (Å²) in [5, 5.41) is 0. The minimum Gasteiger partial charge on any atom is -0.490 e. The third-order valence-corrected chi connectivity index (χ3v) is 4.75. The van der Waals surface area contributed by atoms with E-state index < -0.39 is 0 Å². The van der Waals surface area contributed by atoms with Crippen molar-refractivity contribution in [3.63, 3.8) is 0 Å². The van der Waals surface area contributed by atoms with E-state index in [0.29, 0.717) is 37.4 Å². The normalized spacial score (nSPS) is 14.9. The summed E-state index contributed by atoms with van der Waals surface area (Å²) in [7, 11) is 1.72. The van der Waals surface area contributed by atoms with Crippen LogP contribution < -0.4 is 15.0 Å². The summed E-state index contributed by atoms with van der Waals surface area (Å²) in [6.45, 7) is 2.92. The van der Waals surface area contributed by atoms with Crippen molar-refractivity contribution in [2.45, 2.75) is 25.9 Å². The summed E-state index contributed by atoms with van der Waals surface area (Å²) in [6.07, 6.45) is 1.35. The van der Waals surface area contributed by atoms with E-state index in [-0.39, 0.29) is 30.0 Å². The SMILES string of the molecule is Cc1cc(OC2CCN(C(=O)COc3ccc(F)cc3)CC2)cc(=O)n1C. The van der Waals surface area contributed by atoms with Crippen molar-refractivity contribution in [2.75, 3.05) is 19.7 Å². The Labute approximate surface area is 157 Å². The number of benzene rings is 1. The van der Waals surface area contributed by atoms with Gasteiger partial charge in [0.05, 0.1) is 0 Å². The van der Waals surface area contributed by atoms with E-state index >= 15 is 0 Å². The highest BCUT2D eigenvalue weighted by molar-refractivity contribution is 5.77. The van der Waals surface area contributed by atoms with Crippen LogP contribution in [0.2, 0.25) is 0 Å². The lowest BCUT2D eigenvalue weighted by molar-refractivity contribution is -0.135. The van der Waals surface area contributed by atoms with Crippen LogP contribution in [0.25, 0.3) is 0 Å². The van der Waals surface area contributed by atoms with Crippen LogP contribution >= 0.6 is 0 Å². The number of aromatic nitrogens is 1. The molecule has 144 valence electrons. The zero-order chi connectivity index (χ0) is 19.4. The fraction of sp³-hybridized carbons (Fsp3) is 0.400. The molecule has 0 radical (unpaired) electrons. The number of likely N-dealkylation sites (tertiary alicyclic amines) is 1. The number of carbonyl (C=O) groups excluding carboxylic acids is 1. The molecule has 2 aromatic rings. The van der Waals surface area contributed by atoms with Crippen molar-refractivity contribution >= 4 is 5.91 Å². The van der Waals surface area contributed by atoms with E-state index in [1.165, 1.54) is 30.3 Å². The highest BCUT2D eigenvalue weighted by Crippen LogP contribution is 2.19. The first kappa shape index (κ1) is 18.9. The van der Waals surface area contributed by atoms with E-state index in [4.69, 9.17) is 9.47 Å². The smallest absolute Gasteiger partial charge is 0.260 e. The van der Waals surface area contributed by atoms with Gasteiger partial charge in [-0.3, -0.25) is 9.59 Å². The third kappa shape index (κ3) is 4.87. The van der Waals surface area contributed by atoms with E-state index in [1.54, 1.807) is 16.5 Å². The average molecular weight is 374 g/mol. The zero-order valence-corrected chi connectivity index (χ0v) is 15.5. The molecule has 7 heteroatoms. The standard InChI is InChI=1S/C20H23FN2O4/c1-14-11-18(12-19(24)22(14)2)27-17-7-9-23(10-8-17)20(25)13-26-16-5-3-15(21)4-6-16/h3-6,11-12,17H,7-10,13H2,1-2H3. The molecule has 1 aliphatic rings. The molecule has 1 aromatic heterocycles. The number of carbonyl (C=O) groups is 1. The number of hydrogen-bond donors (Lipinski definition) is 0. The van der Waals surface area contributed by atoms with Gasteiger partial charge in [0.2, 0.25) is 0 Å². The average Bonchev–Trinajstić information content (AvgIpc) is 2.66. The quantitative estimate of drug-likeness (QED) is 0.806. The number of piperidine rings is 1. The molecule has 1 aromatic carbocycles. The van der Waals surface area contributed by atoms with E-state index in [0.717, 1.165) is 5.69 Å². The predicted octanol–water partition coefficient (Wildman–Crippen LogP) is 2.28. The van der Waals surface area contributed by atoms with Gasteiger partial charge in [-0.1, -0.05) is 0 Å². The highest BCUT2D eigenvalue weighted by atomic mass is 19.1. The molecule has 0 spiro atoms. The van der Waals surface area contributed by atoms with Crippen LogP contribution in [0.3, 0.4) is 0 Å². The first-order valence-electron chi connectivity index (χ1n) is 8.93. The summed E-state index contributed by atoms with van der Waals surface area (Å²) < 4.78 is 25.8. The van der Waals surface area contributed by atoms with E-state index in [1.807, 2.05) is 13.0 Å². The van der Waals surface area contributed by atoms with Gasteiger partial charge in [0.15, 0.2) is 6.61 Å². The van der Waals surface area contributed by atoms with Gasteiger partial charge in [0.25, 0.3) is 11.5 Å². The fourth-order valence-electron chi connectivity index (χ4n) is 2.99. The van der Waals surface area contributed by atoms with Gasteiger partial charge >= 0.3 is 0 Å². The molecule has 0 aliphatic carbocycles. The second-order valence-corrected chi connectivity index (χ2v) is 6.67. The molecule has 0 saturated carbocycles. The molecule has 0 atom stereocenters. The van der Waals surface area contributed by atoms with Gasteiger partial charge in [-0.15, -0.1) is 0 Å². The van der Waals surface area contributed by atoms with Crippen molar-refractivity contribution in [3.8, 4) is 11.5 Å². The van der Waals surface area contributed by atoms with Crippen molar-refractivity contribution in [1.82, 2.24) is 9.47 Å². The van der Waals surface area contributed by atoms with Crippen molar-refractivity contribution in [1.29, 1.82) is 0 Å². The highest BCUT2D eigenvalue weighted by Gasteiger charge is 2.24. The summed E-state index contributed by atoms with van der Waals surface area (Å²) in [4.78, 5) is 25.9. The molecule has 0 N–H and O–H groups in total. The number of rotatable bonds is 5. The fourth-order valence-corrected chi connectivity index (χ4v) is 2.99. The van der Waals surface area contributed by atoms with Gasteiger partial charge in [0.1, 0.15) is 23.4 Å². The molecule has 6 nitrogen and oxygen atoms in total. The lowest BCUT2D eigenvalue weighted by Crippen LogP contribution is -2.43. The van der Waals surface area contributed by atoms with Crippen molar-refractivity contribution < 1.29 is 18.7 Å². The van der Waals surface area contributed by atoms with Crippen LogP contribution in [0, 0.1) is 12.7 Å². The minimum atomic E-state index is -0.345. The van der Waals surface area contributed by atoms with Gasteiger partial charge in [0, 0.05) is 44.7 Å². The van der Waals surface area contributed by atoms with Gasteiger partial charge in [-0.05, 0) is 37.3 Å². The zero-order valence-electron chi connectivity index (χ0n) is 15.5. The van der Waals surface area contributed by atoms with Gasteiger partial charge in [-0.2, -0.15) is 0 Å². The van der Waals surface area contributed by atoms with Crippen LogP contribution in [-0.4, -0.2) is 41.2 Å². The third-order valence-electron chi connectivity index (χ3n) is 4.75. The summed E-state index contributed by atoms with van der Waals surface area (Å²) in [6, 6.07) is 8.91. The number of pyridine rings is 1. The molecule has 0 bridgehead atoms. The molecule has 0 unspecified atom stereocenters. The van der Waals surface area contributed by atoms with Crippen LogP contribution in [-0.2, 0) is 11.8 Å². The molecule has 27 heavy (non-hydrogen) atoms. The van der Waals surface area contributed by atoms with Gasteiger partial charge < -0.3 is 18.9 Å². The maximum Gasteiger partial charge on any atom is 0.260 e. The minimum absolute atomic E-state index is 0.0291. The molecule has 2 heterocycles. The molecule has 1 amide bonds. The second kappa shape index (κ2) is 8.24. The van der Waals surface area contributed by atoms with E-state index in [2.05, 4.69) is 0 Å². The summed E-state index contributed by atoms with van der Waals surface area (Å²) in [5.74, 6) is 0.577. The van der Waals surface area contributed by atoms with E-state index in [9.17, 15) is 14.0 Å². The Balaban J connectivity index is 1.47. The molecule has 1 fully saturated rings.